The van der Waals surface area contributed by atoms with Crippen molar-refractivity contribution in [2.45, 2.75) is 12.8 Å². The van der Waals surface area contributed by atoms with Gasteiger partial charge in [-0.05, 0) is 64.4 Å². The number of hydrogen-bond acceptors (Lipinski definition) is 4. The molecular weight excluding hydrogens is 574 g/mol. The maximum atomic E-state index is 6.46. The molecule has 0 radical (unpaired) electrons. The van der Waals surface area contributed by atoms with Gasteiger partial charge in [0.05, 0.1) is 0 Å². The minimum absolute atomic E-state index is 0.621. The van der Waals surface area contributed by atoms with Gasteiger partial charge in [0, 0.05) is 27.5 Å². The van der Waals surface area contributed by atoms with Crippen LogP contribution in [0.15, 0.2) is 150 Å². The Morgan fingerprint density at radius 1 is 0.468 bits per heavy atom. The van der Waals surface area contributed by atoms with Crippen molar-refractivity contribution in [1.82, 2.24) is 15.0 Å². The van der Waals surface area contributed by atoms with Crippen molar-refractivity contribution < 1.29 is 4.42 Å². The summed E-state index contributed by atoms with van der Waals surface area (Å²) in [6.07, 6.45) is 6.42. The summed E-state index contributed by atoms with van der Waals surface area (Å²) >= 11 is 0. The second kappa shape index (κ2) is 11.3. The zero-order valence-electron chi connectivity index (χ0n) is 25.6. The zero-order chi connectivity index (χ0) is 31.2. The van der Waals surface area contributed by atoms with E-state index in [0.29, 0.717) is 17.5 Å². The van der Waals surface area contributed by atoms with Gasteiger partial charge in [-0.1, -0.05) is 133 Å². The second-order valence-electron chi connectivity index (χ2n) is 11.9. The van der Waals surface area contributed by atoms with Gasteiger partial charge in [-0.2, -0.15) is 0 Å². The standard InChI is InChI=1S/C43H29N3O/c1-4-14-28(15-5-1)31-26-37(40-36-22-12-13-23-38(36)47-39(40)27-31)43-45-41(30-18-8-3-9-19-30)44-42(46-43)35-25-24-32(29-16-6-2-7-17-29)33-20-10-11-21-34(33)35/h1-10,12-20,22-27H,11,21H2. The second-order valence-corrected chi connectivity index (χ2v) is 11.9. The predicted molar refractivity (Wildman–Crippen MR) is 192 cm³/mol. The van der Waals surface area contributed by atoms with Gasteiger partial charge in [-0.25, -0.2) is 15.0 Å². The quantitative estimate of drug-likeness (QED) is 0.196. The maximum Gasteiger partial charge on any atom is 0.164 e. The van der Waals surface area contributed by atoms with E-state index in [4.69, 9.17) is 19.4 Å². The summed E-state index contributed by atoms with van der Waals surface area (Å²) in [5.74, 6) is 1.94. The number of para-hydroxylation sites is 1. The summed E-state index contributed by atoms with van der Waals surface area (Å²) in [7, 11) is 0. The van der Waals surface area contributed by atoms with Gasteiger partial charge in [0.1, 0.15) is 11.2 Å². The van der Waals surface area contributed by atoms with Crippen LogP contribution in [0.5, 0.6) is 0 Å². The number of benzene rings is 6. The van der Waals surface area contributed by atoms with Crippen LogP contribution in [0.2, 0.25) is 0 Å². The van der Waals surface area contributed by atoms with E-state index in [1.807, 2.05) is 36.4 Å². The van der Waals surface area contributed by atoms with Gasteiger partial charge in [-0.15, -0.1) is 0 Å². The largest absolute Gasteiger partial charge is 0.456 e. The van der Waals surface area contributed by atoms with E-state index in [2.05, 4.69) is 115 Å². The molecule has 0 atom stereocenters. The van der Waals surface area contributed by atoms with Crippen LogP contribution in [0.4, 0.5) is 0 Å². The number of fused-ring (bicyclic) bond motifs is 4. The molecule has 9 rings (SSSR count). The lowest BCUT2D eigenvalue weighted by atomic mass is 9.86. The molecule has 0 bridgehead atoms. The van der Waals surface area contributed by atoms with Crippen LogP contribution in [-0.4, -0.2) is 15.0 Å². The monoisotopic (exact) mass is 603 g/mol. The van der Waals surface area contributed by atoms with Crippen LogP contribution in [0, 0.1) is 0 Å². The van der Waals surface area contributed by atoms with Crippen LogP contribution in [0.3, 0.4) is 0 Å². The normalized spacial score (nSPS) is 12.4. The Kier molecular flexibility index (Phi) is 6.57. The van der Waals surface area contributed by atoms with Crippen LogP contribution >= 0.6 is 0 Å². The lowest BCUT2D eigenvalue weighted by Crippen LogP contribution is -2.05. The fourth-order valence-corrected chi connectivity index (χ4v) is 6.79. The molecule has 0 N–H and O–H groups in total. The molecule has 0 fully saturated rings. The molecule has 0 unspecified atom stereocenters. The smallest absolute Gasteiger partial charge is 0.164 e. The third-order valence-corrected chi connectivity index (χ3v) is 9.02. The summed E-state index contributed by atoms with van der Waals surface area (Å²) in [5, 5.41) is 2.04. The van der Waals surface area contributed by atoms with Crippen molar-refractivity contribution in [3.8, 4) is 56.4 Å². The van der Waals surface area contributed by atoms with Crippen molar-refractivity contribution in [2.24, 2.45) is 0 Å². The molecule has 0 saturated carbocycles. The highest BCUT2D eigenvalue weighted by atomic mass is 16.3. The van der Waals surface area contributed by atoms with E-state index < -0.39 is 0 Å². The Balaban J connectivity index is 1.33. The molecule has 0 aliphatic heterocycles. The van der Waals surface area contributed by atoms with Crippen LogP contribution < -0.4 is 0 Å². The molecule has 1 aliphatic rings. The highest BCUT2D eigenvalue weighted by Crippen LogP contribution is 2.41. The summed E-state index contributed by atoms with van der Waals surface area (Å²) < 4.78 is 6.46. The Bertz CT molecular complexity index is 2450. The molecule has 222 valence electrons. The lowest BCUT2D eigenvalue weighted by Gasteiger charge is -2.20. The van der Waals surface area contributed by atoms with E-state index in [1.54, 1.807) is 0 Å². The first-order valence-corrected chi connectivity index (χ1v) is 16.0. The first-order valence-electron chi connectivity index (χ1n) is 16.0. The van der Waals surface area contributed by atoms with Crippen molar-refractivity contribution >= 4 is 28.0 Å². The van der Waals surface area contributed by atoms with Crippen LogP contribution in [0.1, 0.15) is 17.5 Å². The maximum absolute atomic E-state index is 6.46. The molecule has 6 aromatic carbocycles. The van der Waals surface area contributed by atoms with Crippen molar-refractivity contribution in [2.75, 3.05) is 0 Å². The SMILES string of the molecule is C1=Cc2c(-c3ccccc3)ccc(-c3nc(-c4ccccc4)nc(-c4cc(-c5ccccc5)cc5oc6ccccc6c45)n3)c2CC1. The van der Waals surface area contributed by atoms with Crippen LogP contribution in [0.25, 0.3) is 84.4 Å². The zero-order valence-corrected chi connectivity index (χ0v) is 25.6. The third-order valence-electron chi connectivity index (χ3n) is 9.02. The number of nitrogens with zero attached hydrogens (tertiary/aromatic N) is 3. The fraction of sp³-hybridized carbons (Fsp3) is 0.0465. The number of hydrogen-bond donors (Lipinski definition) is 0. The molecular formula is C43H29N3O. The summed E-state index contributed by atoms with van der Waals surface area (Å²) in [6, 6.07) is 48.1. The van der Waals surface area contributed by atoms with Gasteiger partial charge < -0.3 is 4.42 Å². The van der Waals surface area contributed by atoms with E-state index in [9.17, 15) is 0 Å². The summed E-state index contributed by atoms with van der Waals surface area (Å²) in [6.45, 7) is 0. The van der Waals surface area contributed by atoms with Gasteiger partial charge in [0.2, 0.25) is 0 Å². The highest BCUT2D eigenvalue weighted by Gasteiger charge is 2.22. The Morgan fingerprint density at radius 3 is 1.85 bits per heavy atom. The fourth-order valence-electron chi connectivity index (χ4n) is 6.79. The van der Waals surface area contributed by atoms with Crippen molar-refractivity contribution in [3.05, 3.63) is 157 Å². The molecule has 0 saturated heterocycles. The van der Waals surface area contributed by atoms with Gasteiger partial charge in [0.15, 0.2) is 17.5 Å². The average molecular weight is 604 g/mol. The number of rotatable bonds is 5. The first kappa shape index (κ1) is 27.2. The highest BCUT2D eigenvalue weighted by molar-refractivity contribution is 6.13. The average Bonchev–Trinajstić information content (AvgIpc) is 3.53. The Labute approximate surface area is 272 Å². The van der Waals surface area contributed by atoms with Gasteiger partial charge >= 0.3 is 0 Å². The van der Waals surface area contributed by atoms with E-state index in [-0.39, 0.29) is 0 Å². The first-order chi connectivity index (χ1) is 23.3. The van der Waals surface area contributed by atoms with Crippen LogP contribution in [-0.2, 0) is 6.42 Å². The predicted octanol–water partition coefficient (Wildman–Crippen LogP) is 11.1. The van der Waals surface area contributed by atoms with E-state index >= 15 is 0 Å². The van der Waals surface area contributed by atoms with E-state index in [0.717, 1.165) is 62.6 Å². The molecule has 0 spiro atoms. The summed E-state index contributed by atoms with van der Waals surface area (Å²) in [4.78, 5) is 15.6. The van der Waals surface area contributed by atoms with Gasteiger partial charge in [-0.3, -0.25) is 0 Å². The van der Waals surface area contributed by atoms with Gasteiger partial charge in [0.25, 0.3) is 0 Å². The summed E-state index contributed by atoms with van der Waals surface area (Å²) in [5.41, 5.74) is 11.6. The lowest BCUT2D eigenvalue weighted by molar-refractivity contribution is 0.669. The number of aromatic nitrogens is 3. The Hall–Kier alpha value is -6.13. The minimum Gasteiger partial charge on any atom is -0.456 e. The molecule has 2 aromatic heterocycles. The number of furan rings is 1. The molecule has 0 amide bonds. The van der Waals surface area contributed by atoms with E-state index in [1.165, 1.54) is 22.3 Å². The third kappa shape index (κ3) is 4.82. The van der Waals surface area contributed by atoms with Crippen molar-refractivity contribution in [1.29, 1.82) is 0 Å². The Morgan fingerprint density at radius 2 is 1.09 bits per heavy atom. The molecule has 4 nitrogen and oxygen atoms in total. The van der Waals surface area contributed by atoms with Crippen molar-refractivity contribution in [3.63, 3.8) is 0 Å². The molecule has 1 aliphatic carbocycles. The molecule has 8 aromatic rings. The topological polar surface area (TPSA) is 51.8 Å². The number of allylic oxidation sites excluding steroid dienone is 1. The molecule has 2 heterocycles. The minimum atomic E-state index is 0.621. The molecule has 4 heteroatoms. The molecule has 47 heavy (non-hydrogen) atoms.